The van der Waals surface area contributed by atoms with Gasteiger partial charge >= 0.3 is 12.4 Å². The van der Waals surface area contributed by atoms with E-state index in [2.05, 4.69) is 0 Å². The lowest BCUT2D eigenvalue weighted by Gasteiger charge is -2.15. The van der Waals surface area contributed by atoms with Crippen molar-refractivity contribution in [3.05, 3.63) is 96.1 Å². The molecule has 0 fully saturated rings. The molecule has 4 N–H and O–H groups in total. The van der Waals surface area contributed by atoms with Gasteiger partial charge in [-0.1, -0.05) is 0 Å². The molecular weight excluding hydrogens is 502 g/mol. The first-order valence-electron chi connectivity index (χ1n) is 10.6. The Morgan fingerprint density at radius 1 is 0.432 bits per heavy atom. The molecule has 0 amide bonds. The number of hydrogen-bond donors (Lipinski definition) is 2. The first-order valence-corrected chi connectivity index (χ1v) is 10.6. The number of nitrogens with two attached hydrogens (primary N) is 2. The van der Waals surface area contributed by atoms with Crippen LogP contribution in [0.1, 0.15) is 11.1 Å². The van der Waals surface area contributed by atoms with Gasteiger partial charge in [-0.25, -0.2) is 0 Å². The fraction of sp³-hybridized carbons (Fsp3) is 0.0769. The molecule has 0 unspecified atom stereocenters. The lowest BCUT2D eigenvalue weighted by atomic mass is 10.1. The van der Waals surface area contributed by atoms with Crippen LogP contribution in [0.5, 0.6) is 34.5 Å². The van der Waals surface area contributed by atoms with Crippen molar-refractivity contribution in [2.75, 3.05) is 11.5 Å². The van der Waals surface area contributed by atoms with Gasteiger partial charge < -0.3 is 25.7 Å². The molecule has 0 heterocycles. The summed E-state index contributed by atoms with van der Waals surface area (Å²) in [6, 6.07) is 18.0. The molecule has 4 rings (SSSR count). The summed E-state index contributed by atoms with van der Waals surface area (Å²) in [7, 11) is 0. The quantitative estimate of drug-likeness (QED) is 0.198. The average Bonchev–Trinajstić information content (AvgIpc) is 2.82. The van der Waals surface area contributed by atoms with Gasteiger partial charge in [0.15, 0.2) is 0 Å². The topological polar surface area (TPSA) is 79.7 Å². The van der Waals surface area contributed by atoms with Crippen molar-refractivity contribution in [3.8, 4) is 34.5 Å². The van der Waals surface area contributed by atoms with Crippen molar-refractivity contribution in [1.82, 2.24) is 0 Å². The zero-order chi connectivity index (χ0) is 26.8. The molecule has 5 nitrogen and oxygen atoms in total. The maximum Gasteiger partial charge on any atom is 0.420 e. The maximum atomic E-state index is 13.3. The average molecular weight is 520 g/mol. The van der Waals surface area contributed by atoms with E-state index >= 15 is 0 Å². The van der Waals surface area contributed by atoms with Crippen LogP contribution < -0.4 is 25.7 Å². The van der Waals surface area contributed by atoms with Crippen molar-refractivity contribution in [3.63, 3.8) is 0 Å². The van der Waals surface area contributed by atoms with Gasteiger partial charge in [-0.05, 0) is 84.9 Å². The molecule has 0 radical (unpaired) electrons. The molecule has 0 atom stereocenters. The summed E-state index contributed by atoms with van der Waals surface area (Å²) < 4.78 is 96.0. The summed E-state index contributed by atoms with van der Waals surface area (Å²) in [4.78, 5) is 0. The highest BCUT2D eigenvalue weighted by molar-refractivity contribution is 5.52. The van der Waals surface area contributed by atoms with E-state index in [0.717, 1.165) is 24.3 Å². The van der Waals surface area contributed by atoms with Gasteiger partial charge in [0, 0.05) is 11.4 Å². The summed E-state index contributed by atoms with van der Waals surface area (Å²) in [6.07, 6.45) is -9.29. The van der Waals surface area contributed by atoms with E-state index in [1.807, 2.05) is 0 Å². The van der Waals surface area contributed by atoms with Crippen molar-refractivity contribution >= 4 is 11.4 Å². The van der Waals surface area contributed by atoms with E-state index < -0.39 is 35.0 Å². The third-order valence-electron chi connectivity index (χ3n) is 4.96. The fourth-order valence-electron chi connectivity index (χ4n) is 3.26. The number of halogens is 6. The van der Waals surface area contributed by atoms with Crippen LogP contribution in [0.2, 0.25) is 0 Å². The van der Waals surface area contributed by atoms with Gasteiger partial charge in [-0.2, -0.15) is 26.3 Å². The number of hydrogen-bond acceptors (Lipinski definition) is 5. The van der Waals surface area contributed by atoms with Crippen LogP contribution in [0.3, 0.4) is 0 Å². The predicted molar refractivity (Wildman–Crippen MR) is 125 cm³/mol. The van der Waals surface area contributed by atoms with Crippen molar-refractivity contribution in [2.45, 2.75) is 12.4 Å². The molecule has 0 aromatic heterocycles. The Bertz CT molecular complexity index is 1280. The van der Waals surface area contributed by atoms with Crippen molar-refractivity contribution in [1.29, 1.82) is 0 Å². The van der Waals surface area contributed by atoms with Gasteiger partial charge in [0.05, 0.1) is 0 Å². The maximum absolute atomic E-state index is 13.3. The van der Waals surface area contributed by atoms with Crippen LogP contribution in [0.15, 0.2) is 84.9 Å². The van der Waals surface area contributed by atoms with Gasteiger partial charge in [0.25, 0.3) is 0 Å². The first-order chi connectivity index (χ1) is 17.4. The molecule has 0 bridgehead atoms. The Morgan fingerprint density at radius 3 is 1.03 bits per heavy atom. The van der Waals surface area contributed by atoms with Crippen LogP contribution in [0, 0.1) is 0 Å². The third kappa shape index (κ3) is 6.37. The van der Waals surface area contributed by atoms with Crippen LogP contribution in [-0.4, -0.2) is 0 Å². The molecule has 0 saturated heterocycles. The second-order valence-electron chi connectivity index (χ2n) is 7.76. The second kappa shape index (κ2) is 9.84. The molecular formula is C26H18F6N2O3. The molecule has 192 valence electrons. The van der Waals surface area contributed by atoms with Gasteiger partial charge in [0.1, 0.15) is 45.6 Å². The Balaban J connectivity index is 1.43. The minimum absolute atomic E-state index is 0.0471. The third-order valence-corrected chi connectivity index (χ3v) is 4.96. The van der Waals surface area contributed by atoms with Crippen molar-refractivity contribution in [2.24, 2.45) is 0 Å². The van der Waals surface area contributed by atoms with E-state index in [1.54, 1.807) is 0 Å². The minimum Gasteiger partial charge on any atom is -0.457 e. The van der Waals surface area contributed by atoms with E-state index in [1.165, 1.54) is 60.7 Å². The molecule has 0 aliphatic rings. The Labute approximate surface area is 206 Å². The van der Waals surface area contributed by atoms with E-state index in [9.17, 15) is 26.3 Å². The summed E-state index contributed by atoms with van der Waals surface area (Å²) in [5.41, 5.74) is 8.82. The summed E-state index contributed by atoms with van der Waals surface area (Å²) in [5.74, 6) is 0.145. The lowest BCUT2D eigenvalue weighted by Crippen LogP contribution is -2.08. The number of alkyl halides is 6. The molecule has 0 saturated carbocycles. The highest BCUT2D eigenvalue weighted by atomic mass is 19.4. The van der Waals surface area contributed by atoms with Crippen LogP contribution in [0.25, 0.3) is 0 Å². The predicted octanol–water partition coefficient (Wildman–Crippen LogP) is 8.27. The standard InChI is InChI=1S/C26H18F6N2O3/c27-25(28,29)21-13-15(33)1-11-23(21)36-19-7-3-17(4-8-19)35-18-5-9-20(10-6-18)37-24-12-2-16(34)14-22(24)26(30,31)32/h1-14H,33-34H2. The second-order valence-corrected chi connectivity index (χ2v) is 7.76. The summed E-state index contributed by atoms with van der Waals surface area (Å²) in [6.45, 7) is 0. The Kier molecular flexibility index (Phi) is 6.80. The molecule has 37 heavy (non-hydrogen) atoms. The highest BCUT2D eigenvalue weighted by Crippen LogP contribution is 2.41. The van der Waals surface area contributed by atoms with Gasteiger partial charge in [-0.3, -0.25) is 0 Å². The normalized spacial score (nSPS) is 11.7. The molecule has 11 heteroatoms. The number of rotatable bonds is 6. The SMILES string of the molecule is Nc1ccc(Oc2ccc(Oc3ccc(Oc4ccc(N)cc4C(F)(F)F)cc3)cc2)c(C(F)(F)F)c1. The van der Waals surface area contributed by atoms with Crippen LogP contribution >= 0.6 is 0 Å². The minimum atomic E-state index is -4.65. The smallest absolute Gasteiger partial charge is 0.420 e. The molecule has 0 aliphatic heterocycles. The summed E-state index contributed by atoms with van der Waals surface area (Å²) in [5, 5.41) is 0. The zero-order valence-electron chi connectivity index (χ0n) is 18.7. The largest absolute Gasteiger partial charge is 0.457 e. The van der Waals surface area contributed by atoms with Gasteiger partial charge in [-0.15, -0.1) is 0 Å². The first kappa shape index (κ1) is 25.5. The number of nitrogen functional groups attached to an aromatic ring is 2. The van der Waals surface area contributed by atoms with Crippen LogP contribution in [-0.2, 0) is 12.4 Å². The Morgan fingerprint density at radius 2 is 0.730 bits per heavy atom. The Hall–Kier alpha value is -4.54. The number of anilines is 2. The monoisotopic (exact) mass is 520 g/mol. The molecule has 0 aliphatic carbocycles. The summed E-state index contributed by atoms with van der Waals surface area (Å²) >= 11 is 0. The van der Waals surface area contributed by atoms with Gasteiger partial charge in [0.2, 0.25) is 0 Å². The number of ether oxygens (including phenoxy) is 3. The van der Waals surface area contributed by atoms with Crippen molar-refractivity contribution < 1.29 is 40.6 Å². The molecule has 4 aromatic rings. The molecule has 4 aromatic carbocycles. The highest BCUT2D eigenvalue weighted by Gasteiger charge is 2.35. The fourth-order valence-corrected chi connectivity index (χ4v) is 3.26. The van der Waals surface area contributed by atoms with E-state index in [0.29, 0.717) is 11.5 Å². The lowest BCUT2D eigenvalue weighted by molar-refractivity contribution is -0.139. The van der Waals surface area contributed by atoms with Crippen LogP contribution in [0.4, 0.5) is 37.7 Å². The molecule has 0 spiro atoms. The van der Waals surface area contributed by atoms with E-state index in [-0.39, 0.29) is 22.9 Å². The zero-order valence-corrected chi connectivity index (χ0v) is 18.7. The number of benzene rings is 4. The van der Waals surface area contributed by atoms with E-state index in [4.69, 9.17) is 25.7 Å².